The number of hydrogen-bond donors (Lipinski definition) is 1. The number of methoxy groups -OCH3 is 1. The zero-order chi connectivity index (χ0) is 14.5. The molecule has 1 aromatic rings. The fraction of sp³-hybridized carbons (Fsp3) is 0.800. The van der Waals surface area contributed by atoms with Gasteiger partial charge in [-0.25, -0.2) is 4.68 Å². The fourth-order valence-corrected chi connectivity index (χ4v) is 3.08. The van der Waals surface area contributed by atoms with Gasteiger partial charge in [-0.2, -0.15) is 5.10 Å². The smallest absolute Gasteiger partial charge is 0.216 e. The van der Waals surface area contributed by atoms with Gasteiger partial charge in [0.25, 0.3) is 0 Å². The first kappa shape index (κ1) is 15.3. The molecule has 0 aliphatic carbocycles. The monoisotopic (exact) mass is 280 g/mol. The molecule has 1 saturated heterocycles. The maximum atomic E-state index is 5.50. The minimum Gasteiger partial charge on any atom is -0.481 e. The minimum absolute atomic E-state index is 0.819. The Hall–Kier alpha value is -1.07. The van der Waals surface area contributed by atoms with Crippen molar-refractivity contribution in [2.24, 2.45) is 13.0 Å². The zero-order valence-electron chi connectivity index (χ0n) is 13.3. The summed E-state index contributed by atoms with van der Waals surface area (Å²) in [7, 11) is 3.67. The molecule has 2 heterocycles. The number of rotatable bonds is 6. The van der Waals surface area contributed by atoms with Crippen LogP contribution in [0.5, 0.6) is 5.88 Å². The Morgan fingerprint density at radius 3 is 2.70 bits per heavy atom. The highest BCUT2D eigenvalue weighted by Crippen LogP contribution is 2.24. The third-order valence-corrected chi connectivity index (χ3v) is 4.29. The summed E-state index contributed by atoms with van der Waals surface area (Å²) in [6.45, 7) is 9.81. The molecule has 0 amide bonds. The average Bonchev–Trinajstić information content (AvgIpc) is 2.73. The van der Waals surface area contributed by atoms with Gasteiger partial charge >= 0.3 is 0 Å². The van der Waals surface area contributed by atoms with Crippen molar-refractivity contribution < 1.29 is 4.74 Å². The molecule has 1 fully saturated rings. The van der Waals surface area contributed by atoms with E-state index < -0.39 is 0 Å². The highest BCUT2D eigenvalue weighted by Gasteiger charge is 2.20. The Labute approximate surface area is 122 Å². The average molecular weight is 280 g/mol. The van der Waals surface area contributed by atoms with E-state index in [2.05, 4.69) is 29.2 Å². The van der Waals surface area contributed by atoms with Crippen LogP contribution in [-0.2, 0) is 13.6 Å². The third kappa shape index (κ3) is 3.52. The lowest BCUT2D eigenvalue weighted by molar-refractivity contribution is 0.204. The van der Waals surface area contributed by atoms with E-state index in [0.29, 0.717) is 0 Å². The molecule has 2 rings (SSSR count). The molecule has 20 heavy (non-hydrogen) atoms. The van der Waals surface area contributed by atoms with Crippen LogP contribution >= 0.6 is 0 Å². The molecule has 0 radical (unpaired) electrons. The molecule has 0 saturated carbocycles. The molecule has 1 N–H and O–H groups in total. The number of aryl methyl sites for hydroxylation is 2. The van der Waals surface area contributed by atoms with Gasteiger partial charge in [0.1, 0.15) is 0 Å². The normalized spacial score (nSPS) is 16.9. The molecule has 0 bridgehead atoms. The fourth-order valence-electron chi connectivity index (χ4n) is 3.08. The number of aromatic nitrogens is 2. The van der Waals surface area contributed by atoms with Gasteiger partial charge in [-0.1, -0.05) is 6.92 Å². The van der Waals surface area contributed by atoms with Crippen molar-refractivity contribution in [2.75, 3.05) is 33.3 Å². The maximum Gasteiger partial charge on any atom is 0.216 e. The lowest BCUT2D eigenvalue weighted by Crippen LogP contribution is -2.36. The van der Waals surface area contributed by atoms with Crippen molar-refractivity contribution in [1.82, 2.24) is 20.0 Å². The van der Waals surface area contributed by atoms with Crippen molar-refractivity contribution in [3.05, 3.63) is 11.3 Å². The van der Waals surface area contributed by atoms with Gasteiger partial charge in [0.15, 0.2) is 0 Å². The minimum atomic E-state index is 0.819. The van der Waals surface area contributed by atoms with Crippen LogP contribution in [0.25, 0.3) is 0 Å². The van der Waals surface area contributed by atoms with E-state index in [9.17, 15) is 0 Å². The first-order valence-electron chi connectivity index (χ1n) is 7.65. The van der Waals surface area contributed by atoms with E-state index in [1.165, 1.54) is 24.9 Å². The van der Waals surface area contributed by atoms with Crippen LogP contribution in [0, 0.1) is 12.8 Å². The molecule has 5 nitrogen and oxygen atoms in total. The summed E-state index contributed by atoms with van der Waals surface area (Å²) in [5.41, 5.74) is 2.30. The van der Waals surface area contributed by atoms with Gasteiger partial charge in [0.2, 0.25) is 5.88 Å². The number of ether oxygens (including phenoxy) is 1. The van der Waals surface area contributed by atoms with Gasteiger partial charge in [-0.05, 0) is 45.3 Å². The van der Waals surface area contributed by atoms with Crippen molar-refractivity contribution in [3.63, 3.8) is 0 Å². The predicted octanol–water partition coefficient (Wildman–Crippen LogP) is 1.56. The maximum absolute atomic E-state index is 5.50. The second-order valence-electron chi connectivity index (χ2n) is 5.72. The van der Waals surface area contributed by atoms with E-state index in [4.69, 9.17) is 4.74 Å². The van der Waals surface area contributed by atoms with E-state index in [-0.39, 0.29) is 0 Å². The molecule has 0 atom stereocenters. The number of piperidine rings is 1. The predicted molar refractivity (Wildman–Crippen MR) is 81.0 cm³/mol. The molecular formula is C15H28N4O. The molecule has 0 spiro atoms. The summed E-state index contributed by atoms with van der Waals surface area (Å²) >= 11 is 0. The van der Waals surface area contributed by atoms with Crippen molar-refractivity contribution >= 4 is 0 Å². The van der Waals surface area contributed by atoms with Gasteiger partial charge in [-0.3, -0.25) is 4.90 Å². The Morgan fingerprint density at radius 2 is 2.10 bits per heavy atom. The van der Waals surface area contributed by atoms with Crippen LogP contribution in [0.4, 0.5) is 0 Å². The zero-order valence-corrected chi connectivity index (χ0v) is 13.3. The lowest BCUT2D eigenvalue weighted by Gasteiger charge is -2.29. The Kier molecular flexibility index (Phi) is 5.43. The summed E-state index contributed by atoms with van der Waals surface area (Å²) in [6.07, 6.45) is 2.58. The quantitative estimate of drug-likeness (QED) is 0.859. The Balaban J connectivity index is 2.02. The van der Waals surface area contributed by atoms with Crippen LogP contribution in [0.1, 0.15) is 31.0 Å². The molecule has 1 aliphatic rings. The SMILES string of the molecule is CCN(Cc1c(C)nn(C)c1OC)CC1CCNCC1. The highest BCUT2D eigenvalue weighted by atomic mass is 16.5. The molecule has 0 aromatic carbocycles. The molecule has 0 unspecified atom stereocenters. The van der Waals surface area contributed by atoms with Crippen LogP contribution in [0.15, 0.2) is 0 Å². The molecule has 5 heteroatoms. The van der Waals surface area contributed by atoms with Crippen LogP contribution in [-0.4, -0.2) is 48.0 Å². The van der Waals surface area contributed by atoms with Gasteiger partial charge in [-0.15, -0.1) is 0 Å². The van der Waals surface area contributed by atoms with Gasteiger partial charge in [0, 0.05) is 20.1 Å². The standard InChI is InChI=1S/C15H28N4O/c1-5-19(10-13-6-8-16-9-7-13)11-14-12(2)17-18(3)15(14)20-4/h13,16H,5-11H2,1-4H3. The van der Waals surface area contributed by atoms with Gasteiger partial charge < -0.3 is 10.1 Å². The number of nitrogens with zero attached hydrogens (tertiary/aromatic N) is 3. The molecule has 1 aliphatic heterocycles. The van der Waals surface area contributed by atoms with E-state index in [0.717, 1.165) is 43.7 Å². The first-order chi connectivity index (χ1) is 9.65. The lowest BCUT2D eigenvalue weighted by atomic mass is 9.97. The number of hydrogen-bond acceptors (Lipinski definition) is 4. The van der Waals surface area contributed by atoms with Crippen molar-refractivity contribution in [2.45, 2.75) is 33.2 Å². The second kappa shape index (κ2) is 7.09. The summed E-state index contributed by atoms with van der Waals surface area (Å²) in [6, 6.07) is 0. The van der Waals surface area contributed by atoms with E-state index in [1.54, 1.807) is 7.11 Å². The van der Waals surface area contributed by atoms with E-state index in [1.807, 2.05) is 11.7 Å². The van der Waals surface area contributed by atoms with Crippen molar-refractivity contribution in [3.8, 4) is 5.88 Å². The number of nitrogens with one attached hydrogen (secondary N) is 1. The van der Waals surface area contributed by atoms with Crippen LogP contribution < -0.4 is 10.1 Å². The summed E-state index contributed by atoms with van der Waals surface area (Å²) < 4.78 is 7.33. The van der Waals surface area contributed by atoms with Crippen LogP contribution in [0.3, 0.4) is 0 Å². The van der Waals surface area contributed by atoms with Crippen molar-refractivity contribution in [1.29, 1.82) is 0 Å². The summed E-state index contributed by atoms with van der Waals surface area (Å²) in [4.78, 5) is 2.52. The molecule has 114 valence electrons. The second-order valence-corrected chi connectivity index (χ2v) is 5.72. The largest absolute Gasteiger partial charge is 0.481 e. The summed E-state index contributed by atoms with van der Waals surface area (Å²) in [5.74, 6) is 1.71. The first-order valence-corrected chi connectivity index (χ1v) is 7.65. The van der Waals surface area contributed by atoms with Crippen LogP contribution in [0.2, 0.25) is 0 Å². The highest BCUT2D eigenvalue weighted by molar-refractivity contribution is 5.30. The topological polar surface area (TPSA) is 42.3 Å². The van der Waals surface area contributed by atoms with Gasteiger partial charge in [0.05, 0.1) is 18.4 Å². The summed E-state index contributed by atoms with van der Waals surface area (Å²) in [5, 5.41) is 7.91. The Morgan fingerprint density at radius 1 is 1.40 bits per heavy atom. The third-order valence-electron chi connectivity index (χ3n) is 4.29. The Bertz CT molecular complexity index is 424. The van der Waals surface area contributed by atoms with E-state index >= 15 is 0 Å². The molecular weight excluding hydrogens is 252 g/mol. The molecule has 1 aromatic heterocycles.